The van der Waals surface area contributed by atoms with Crippen LogP contribution in [0.15, 0.2) is 29.4 Å². The predicted molar refractivity (Wildman–Crippen MR) is 77.7 cm³/mol. The van der Waals surface area contributed by atoms with Crippen LogP contribution < -0.4 is 10.2 Å². The maximum atomic E-state index is 11.5. The Hall–Kier alpha value is -1.55. The van der Waals surface area contributed by atoms with Crippen LogP contribution in [0.2, 0.25) is 5.02 Å². The molecule has 0 aliphatic rings. The predicted octanol–water partition coefficient (Wildman–Crippen LogP) is 3.26. The van der Waals surface area contributed by atoms with E-state index in [-0.39, 0.29) is 12.5 Å². The highest BCUT2D eigenvalue weighted by molar-refractivity contribution is 6.30. The lowest BCUT2D eigenvalue weighted by atomic mass is 10.1. The van der Waals surface area contributed by atoms with Crippen molar-refractivity contribution in [3.63, 3.8) is 0 Å². The van der Waals surface area contributed by atoms with Crippen LogP contribution in [0.3, 0.4) is 0 Å². The topological polar surface area (TPSA) is 50.7 Å². The first-order valence-corrected chi connectivity index (χ1v) is 6.62. The lowest BCUT2D eigenvalue weighted by Gasteiger charge is -2.08. The third-order valence-corrected chi connectivity index (χ3v) is 3.12. The fourth-order valence-electron chi connectivity index (χ4n) is 1.27. The average molecular weight is 283 g/mol. The number of benzene rings is 1. The van der Waals surface area contributed by atoms with E-state index in [4.69, 9.17) is 16.3 Å². The number of nitrogens with one attached hydrogen (secondary N) is 1. The molecular formula is C14H19ClN2O2. The summed E-state index contributed by atoms with van der Waals surface area (Å²) in [5.74, 6) is 0.678. The minimum Gasteiger partial charge on any atom is -0.484 e. The van der Waals surface area contributed by atoms with Crippen molar-refractivity contribution in [3.05, 3.63) is 29.3 Å². The van der Waals surface area contributed by atoms with E-state index in [1.54, 1.807) is 24.3 Å². The molecule has 0 radical (unpaired) electrons. The molecule has 1 rings (SSSR count). The van der Waals surface area contributed by atoms with Gasteiger partial charge in [0, 0.05) is 10.7 Å². The van der Waals surface area contributed by atoms with E-state index in [1.807, 2.05) is 6.92 Å². The van der Waals surface area contributed by atoms with Crippen LogP contribution >= 0.6 is 11.6 Å². The summed E-state index contributed by atoms with van der Waals surface area (Å²) in [7, 11) is 0. The van der Waals surface area contributed by atoms with Gasteiger partial charge in [-0.05, 0) is 43.5 Å². The highest BCUT2D eigenvalue weighted by Crippen LogP contribution is 2.15. The summed E-state index contributed by atoms with van der Waals surface area (Å²) in [6.07, 6.45) is 0.993. The summed E-state index contributed by atoms with van der Waals surface area (Å²) in [5, 5.41) is 4.67. The summed E-state index contributed by atoms with van der Waals surface area (Å²) >= 11 is 5.75. The molecule has 0 saturated heterocycles. The Bertz CT molecular complexity index is 443. The van der Waals surface area contributed by atoms with E-state index in [1.165, 1.54) is 0 Å². The van der Waals surface area contributed by atoms with Crippen molar-refractivity contribution in [2.75, 3.05) is 6.61 Å². The van der Waals surface area contributed by atoms with Gasteiger partial charge in [-0.1, -0.05) is 25.4 Å². The van der Waals surface area contributed by atoms with Crippen molar-refractivity contribution in [2.45, 2.75) is 27.2 Å². The van der Waals surface area contributed by atoms with Crippen LogP contribution in [0.25, 0.3) is 0 Å². The quantitative estimate of drug-likeness (QED) is 0.643. The minimum absolute atomic E-state index is 0.0705. The first-order chi connectivity index (χ1) is 9.02. The number of carbonyl (C=O) groups excluding carboxylic acids is 1. The minimum atomic E-state index is -0.280. The number of hydrogen-bond donors (Lipinski definition) is 1. The molecular weight excluding hydrogens is 264 g/mol. The van der Waals surface area contributed by atoms with Gasteiger partial charge < -0.3 is 4.74 Å². The van der Waals surface area contributed by atoms with Gasteiger partial charge in [-0.2, -0.15) is 5.10 Å². The highest BCUT2D eigenvalue weighted by Gasteiger charge is 2.05. The smallest absolute Gasteiger partial charge is 0.277 e. The number of hydrazone groups is 1. The first kappa shape index (κ1) is 15.5. The Balaban J connectivity index is 2.38. The Labute approximate surface area is 118 Å². The fraction of sp³-hybridized carbons (Fsp3) is 0.429. The van der Waals surface area contributed by atoms with Gasteiger partial charge in [0.05, 0.1) is 0 Å². The molecule has 5 heteroatoms. The van der Waals surface area contributed by atoms with Crippen LogP contribution in [-0.4, -0.2) is 18.2 Å². The molecule has 0 aromatic heterocycles. The Kier molecular flexibility index (Phi) is 6.36. The molecule has 0 bridgehead atoms. The molecule has 1 aromatic rings. The second-order valence-corrected chi connectivity index (χ2v) is 4.78. The highest BCUT2D eigenvalue weighted by atomic mass is 35.5. The van der Waals surface area contributed by atoms with Crippen molar-refractivity contribution in [1.29, 1.82) is 0 Å². The summed E-state index contributed by atoms with van der Waals surface area (Å²) < 4.78 is 5.30. The molecule has 1 aromatic carbocycles. The summed E-state index contributed by atoms with van der Waals surface area (Å²) in [6.45, 7) is 5.97. The number of carbonyl (C=O) groups is 1. The number of hydrogen-bond acceptors (Lipinski definition) is 3. The number of rotatable bonds is 6. The SMILES string of the molecule is CC[C@H](C)/C(C)=N\NC(=O)COc1ccc(Cl)cc1. The second-order valence-electron chi connectivity index (χ2n) is 4.34. The second kappa shape index (κ2) is 7.79. The molecule has 0 saturated carbocycles. The van der Waals surface area contributed by atoms with Crippen molar-refractivity contribution in [2.24, 2.45) is 11.0 Å². The van der Waals surface area contributed by atoms with E-state index < -0.39 is 0 Å². The van der Waals surface area contributed by atoms with Gasteiger partial charge in [0.25, 0.3) is 5.91 Å². The van der Waals surface area contributed by atoms with E-state index in [0.29, 0.717) is 16.7 Å². The molecule has 4 nitrogen and oxygen atoms in total. The van der Waals surface area contributed by atoms with Crippen LogP contribution in [0.1, 0.15) is 27.2 Å². The maximum Gasteiger partial charge on any atom is 0.277 e. The molecule has 0 aliphatic carbocycles. The zero-order valence-corrected chi connectivity index (χ0v) is 12.2. The van der Waals surface area contributed by atoms with E-state index in [0.717, 1.165) is 12.1 Å². The molecule has 1 amide bonds. The lowest BCUT2D eigenvalue weighted by molar-refractivity contribution is -0.123. The molecule has 0 spiro atoms. The molecule has 0 fully saturated rings. The van der Waals surface area contributed by atoms with E-state index >= 15 is 0 Å². The van der Waals surface area contributed by atoms with Gasteiger partial charge in [-0.3, -0.25) is 4.79 Å². The van der Waals surface area contributed by atoms with Gasteiger partial charge in [-0.25, -0.2) is 5.43 Å². The van der Waals surface area contributed by atoms with Crippen LogP contribution in [-0.2, 0) is 4.79 Å². The third-order valence-electron chi connectivity index (χ3n) is 2.87. The van der Waals surface area contributed by atoms with Gasteiger partial charge in [-0.15, -0.1) is 0 Å². The zero-order chi connectivity index (χ0) is 14.3. The number of amides is 1. The maximum absolute atomic E-state index is 11.5. The van der Waals surface area contributed by atoms with Crippen molar-refractivity contribution < 1.29 is 9.53 Å². The molecule has 19 heavy (non-hydrogen) atoms. The fourth-order valence-corrected chi connectivity index (χ4v) is 1.39. The summed E-state index contributed by atoms with van der Waals surface area (Å²) in [4.78, 5) is 11.5. The Morgan fingerprint density at radius 1 is 1.42 bits per heavy atom. The molecule has 1 N–H and O–H groups in total. The van der Waals surface area contributed by atoms with Gasteiger partial charge >= 0.3 is 0 Å². The first-order valence-electron chi connectivity index (χ1n) is 6.24. The monoisotopic (exact) mass is 282 g/mol. The third kappa shape index (κ3) is 5.75. The van der Waals surface area contributed by atoms with Crippen molar-refractivity contribution in [3.8, 4) is 5.75 Å². The normalized spacial score (nSPS) is 12.9. The standard InChI is InChI=1S/C14H19ClN2O2/c1-4-10(2)11(3)16-17-14(18)9-19-13-7-5-12(15)6-8-13/h5-8,10H,4,9H2,1-3H3,(H,17,18)/b16-11-/t10-/m0/s1. The molecule has 0 heterocycles. The molecule has 1 atom stereocenters. The lowest BCUT2D eigenvalue weighted by Crippen LogP contribution is -2.26. The average Bonchev–Trinajstić information content (AvgIpc) is 2.43. The van der Waals surface area contributed by atoms with Crippen LogP contribution in [0, 0.1) is 5.92 Å². The van der Waals surface area contributed by atoms with Gasteiger partial charge in [0.2, 0.25) is 0 Å². The zero-order valence-electron chi connectivity index (χ0n) is 11.4. The van der Waals surface area contributed by atoms with E-state index in [9.17, 15) is 4.79 Å². The Morgan fingerprint density at radius 3 is 2.63 bits per heavy atom. The van der Waals surface area contributed by atoms with Crippen molar-refractivity contribution >= 4 is 23.2 Å². The molecule has 0 aliphatic heterocycles. The molecule has 104 valence electrons. The van der Waals surface area contributed by atoms with E-state index in [2.05, 4.69) is 24.4 Å². The largest absolute Gasteiger partial charge is 0.484 e. The Morgan fingerprint density at radius 2 is 2.05 bits per heavy atom. The summed E-state index contributed by atoms with van der Waals surface area (Å²) in [6, 6.07) is 6.84. The van der Waals surface area contributed by atoms with Crippen LogP contribution in [0.5, 0.6) is 5.75 Å². The van der Waals surface area contributed by atoms with Crippen molar-refractivity contribution in [1.82, 2.24) is 5.43 Å². The number of ether oxygens (including phenoxy) is 1. The van der Waals surface area contributed by atoms with Gasteiger partial charge in [0.1, 0.15) is 5.75 Å². The number of halogens is 1. The molecule has 0 unspecified atom stereocenters. The van der Waals surface area contributed by atoms with Crippen LogP contribution in [0.4, 0.5) is 0 Å². The summed E-state index contributed by atoms with van der Waals surface area (Å²) in [5.41, 5.74) is 3.38. The number of nitrogens with zero attached hydrogens (tertiary/aromatic N) is 1. The van der Waals surface area contributed by atoms with Gasteiger partial charge in [0.15, 0.2) is 6.61 Å².